The van der Waals surface area contributed by atoms with E-state index in [-0.39, 0.29) is 21.3 Å². The van der Waals surface area contributed by atoms with Crippen LogP contribution in [0, 0.1) is 5.82 Å². The van der Waals surface area contributed by atoms with Crippen molar-refractivity contribution in [2.45, 2.75) is 4.90 Å². The van der Waals surface area contributed by atoms with Crippen LogP contribution in [-0.4, -0.2) is 24.1 Å². The number of aromatic nitrogens is 1. The molecule has 0 unspecified atom stereocenters. The number of carboxylic acid groups (broad SMARTS) is 1. The molecule has 0 saturated heterocycles. The molecule has 0 aliphatic carbocycles. The molecule has 0 atom stereocenters. The molecule has 21 heavy (non-hydrogen) atoms. The van der Waals surface area contributed by atoms with Gasteiger partial charge in [-0.25, -0.2) is 17.6 Å². The Labute approximate surface area is 124 Å². The molecule has 0 aliphatic rings. The zero-order valence-corrected chi connectivity index (χ0v) is 12.2. The van der Waals surface area contributed by atoms with Gasteiger partial charge in [0.1, 0.15) is 16.4 Å². The number of aromatic carboxylic acids is 1. The van der Waals surface area contributed by atoms with E-state index in [1.807, 2.05) is 0 Å². The average molecular weight is 333 g/mol. The van der Waals surface area contributed by atoms with Gasteiger partial charge in [-0.05, 0) is 24.3 Å². The Morgan fingerprint density at radius 3 is 2.57 bits per heavy atom. The summed E-state index contributed by atoms with van der Waals surface area (Å²) >= 11 is 5.74. The first-order valence-corrected chi connectivity index (χ1v) is 7.44. The SMILES string of the molecule is Cn1cc(S(=O)(=O)Nc2ccc(F)cc2Cl)cc1C(=O)O. The third-order valence-electron chi connectivity index (χ3n) is 2.68. The highest BCUT2D eigenvalue weighted by molar-refractivity contribution is 7.92. The van der Waals surface area contributed by atoms with Crippen molar-refractivity contribution in [2.24, 2.45) is 7.05 Å². The minimum absolute atomic E-state index is 0.00112. The number of sulfonamides is 1. The van der Waals surface area contributed by atoms with Gasteiger partial charge in [0, 0.05) is 13.2 Å². The van der Waals surface area contributed by atoms with Gasteiger partial charge >= 0.3 is 5.97 Å². The fraction of sp³-hybridized carbons (Fsp3) is 0.0833. The van der Waals surface area contributed by atoms with E-state index < -0.39 is 21.8 Å². The Balaban J connectivity index is 2.38. The molecule has 0 bridgehead atoms. The Kier molecular flexibility index (Phi) is 3.93. The van der Waals surface area contributed by atoms with Gasteiger partial charge in [-0.15, -0.1) is 0 Å². The number of hydrogen-bond acceptors (Lipinski definition) is 3. The maximum atomic E-state index is 12.9. The summed E-state index contributed by atoms with van der Waals surface area (Å²) in [5, 5.41) is 8.81. The number of nitrogens with zero attached hydrogens (tertiary/aromatic N) is 1. The molecule has 0 fully saturated rings. The van der Waals surface area contributed by atoms with E-state index in [9.17, 15) is 17.6 Å². The molecule has 2 aromatic rings. The molecule has 1 heterocycles. The normalized spacial score (nSPS) is 11.4. The molecule has 1 aromatic carbocycles. The lowest BCUT2D eigenvalue weighted by molar-refractivity contribution is 0.0686. The standard InChI is InChI=1S/C12H10ClFN2O4S/c1-16-6-8(5-11(16)12(17)18)21(19,20)15-10-3-2-7(14)4-9(10)13/h2-6,15H,1H3,(H,17,18). The molecule has 1 aromatic heterocycles. The third-order valence-corrected chi connectivity index (χ3v) is 4.33. The molecule has 2 rings (SSSR count). The molecule has 112 valence electrons. The van der Waals surface area contributed by atoms with Gasteiger partial charge in [0.25, 0.3) is 10.0 Å². The van der Waals surface area contributed by atoms with Crippen molar-refractivity contribution >= 4 is 33.3 Å². The fourth-order valence-electron chi connectivity index (χ4n) is 1.67. The average Bonchev–Trinajstić information content (AvgIpc) is 2.76. The predicted molar refractivity (Wildman–Crippen MR) is 74.6 cm³/mol. The largest absolute Gasteiger partial charge is 0.477 e. The number of benzene rings is 1. The van der Waals surface area contributed by atoms with Crippen LogP contribution in [0.1, 0.15) is 10.5 Å². The first-order valence-electron chi connectivity index (χ1n) is 5.58. The number of rotatable bonds is 4. The van der Waals surface area contributed by atoms with Crippen LogP contribution in [0.3, 0.4) is 0 Å². The summed E-state index contributed by atoms with van der Waals surface area (Å²) < 4.78 is 40.6. The number of anilines is 1. The van der Waals surface area contributed by atoms with Gasteiger partial charge in [-0.1, -0.05) is 11.6 Å². The highest BCUT2D eigenvalue weighted by Gasteiger charge is 2.21. The van der Waals surface area contributed by atoms with Crippen molar-refractivity contribution < 1.29 is 22.7 Å². The second-order valence-corrected chi connectivity index (χ2v) is 6.30. The van der Waals surface area contributed by atoms with Crippen molar-refractivity contribution in [2.75, 3.05) is 4.72 Å². The zero-order chi connectivity index (χ0) is 15.8. The van der Waals surface area contributed by atoms with Crippen LogP contribution >= 0.6 is 11.6 Å². The molecule has 0 spiro atoms. The van der Waals surface area contributed by atoms with Crippen LogP contribution in [0.5, 0.6) is 0 Å². The van der Waals surface area contributed by atoms with Crippen molar-refractivity contribution in [1.29, 1.82) is 0 Å². The molecule has 6 nitrogen and oxygen atoms in total. The van der Waals surface area contributed by atoms with Crippen LogP contribution in [0.4, 0.5) is 10.1 Å². The number of aryl methyl sites for hydroxylation is 1. The summed E-state index contributed by atoms with van der Waals surface area (Å²) in [4.78, 5) is 10.7. The number of hydrogen-bond donors (Lipinski definition) is 2. The van der Waals surface area contributed by atoms with Crippen molar-refractivity contribution in [3.8, 4) is 0 Å². The van der Waals surface area contributed by atoms with Crippen molar-refractivity contribution in [1.82, 2.24) is 4.57 Å². The molecule has 0 radical (unpaired) electrons. The molecule has 0 aliphatic heterocycles. The third kappa shape index (κ3) is 3.17. The maximum absolute atomic E-state index is 12.9. The second kappa shape index (κ2) is 5.38. The Bertz CT molecular complexity index is 817. The Morgan fingerprint density at radius 2 is 2.05 bits per heavy atom. The first-order chi connectivity index (χ1) is 9.70. The van der Waals surface area contributed by atoms with Crippen LogP contribution < -0.4 is 4.72 Å². The molecular weight excluding hydrogens is 323 g/mol. The van der Waals surface area contributed by atoms with Crippen LogP contribution in [0.2, 0.25) is 5.02 Å². The summed E-state index contributed by atoms with van der Waals surface area (Å²) in [6.07, 6.45) is 1.16. The van der Waals surface area contributed by atoms with Crippen molar-refractivity contribution in [3.63, 3.8) is 0 Å². The molecule has 0 amide bonds. The molecule has 0 saturated carbocycles. The summed E-state index contributed by atoms with van der Waals surface area (Å²) in [5.41, 5.74) is -0.181. The summed E-state index contributed by atoms with van der Waals surface area (Å²) in [6.45, 7) is 0. The Hall–Kier alpha value is -2.06. The number of carboxylic acids is 1. The monoisotopic (exact) mass is 332 g/mol. The summed E-state index contributed by atoms with van der Waals surface area (Å²) in [7, 11) is -2.61. The van der Waals surface area contributed by atoms with Crippen LogP contribution in [0.15, 0.2) is 35.4 Å². The van der Waals surface area contributed by atoms with Gasteiger partial charge in [0.05, 0.1) is 10.7 Å². The highest BCUT2D eigenvalue weighted by atomic mass is 35.5. The fourth-order valence-corrected chi connectivity index (χ4v) is 3.09. The smallest absolute Gasteiger partial charge is 0.352 e. The zero-order valence-electron chi connectivity index (χ0n) is 10.7. The van der Waals surface area contributed by atoms with Crippen LogP contribution in [0.25, 0.3) is 0 Å². The van der Waals surface area contributed by atoms with Gasteiger partial charge in [-0.2, -0.15) is 0 Å². The van der Waals surface area contributed by atoms with E-state index in [0.29, 0.717) is 0 Å². The minimum Gasteiger partial charge on any atom is -0.477 e. The van der Waals surface area contributed by atoms with Gasteiger partial charge in [0.15, 0.2) is 0 Å². The number of nitrogens with one attached hydrogen (secondary N) is 1. The maximum Gasteiger partial charge on any atom is 0.352 e. The molecular formula is C12H10ClFN2O4S. The summed E-state index contributed by atoms with van der Waals surface area (Å²) in [5.74, 6) is -1.85. The highest BCUT2D eigenvalue weighted by Crippen LogP contribution is 2.25. The number of carbonyl (C=O) groups is 1. The van der Waals surface area contributed by atoms with Gasteiger partial charge < -0.3 is 9.67 Å². The van der Waals surface area contributed by atoms with E-state index >= 15 is 0 Å². The first kappa shape index (κ1) is 15.3. The van der Waals surface area contributed by atoms with Crippen molar-refractivity contribution in [3.05, 3.63) is 47.0 Å². The Morgan fingerprint density at radius 1 is 1.38 bits per heavy atom. The lowest BCUT2D eigenvalue weighted by Gasteiger charge is -2.08. The lowest BCUT2D eigenvalue weighted by atomic mass is 10.3. The minimum atomic E-state index is -4.02. The predicted octanol–water partition coefficient (Wildman–Crippen LogP) is 2.32. The van der Waals surface area contributed by atoms with E-state index in [0.717, 1.165) is 24.4 Å². The van der Waals surface area contributed by atoms with E-state index in [1.165, 1.54) is 17.7 Å². The van der Waals surface area contributed by atoms with E-state index in [4.69, 9.17) is 16.7 Å². The number of halogens is 2. The quantitative estimate of drug-likeness (QED) is 0.899. The van der Waals surface area contributed by atoms with Gasteiger partial charge in [0.2, 0.25) is 0 Å². The lowest BCUT2D eigenvalue weighted by Crippen LogP contribution is -2.12. The summed E-state index contributed by atoms with van der Waals surface area (Å²) in [6, 6.07) is 4.21. The van der Waals surface area contributed by atoms with Crippen LogP contribution in [-0.2, 0) is 17.1 Å². The van der Waals surface area contributed by atoms with E-state index in [1.54, 1.807) is 0 Å². The second-order valence-electron chi connectivity index (χ2n) is 4.21. The topological polar surface area (TPSA) is 88.4 Å². The van der Waals surface area contributed by atoms with E-state index in [2.05, 4.69) is 4.72 Å². The van der Waals surface area contributed by atoms with Gasteiger partial charge in [-0.3, -0.25) is 4.72 Å². The molecule has 9 heteroatoms. The molecule has 2 N–H and O–H groups in total.